The highest BCUT2D eigenvalue weighted by Crippen LogP contribution is 2.31. The van der Waals surface area contributed by atoms with Crippen LogP contribution in [0.2, 0.25) is 0 Å². The molecule has 15 heavy (non-hydrogen) atoms. The summed E-state index contributed by atoms with van der Waals surface area (Å²) in [4.78, 5) is 0. The Morgan fingerprint density at radius 2 is 1.87 bits per heavy atom. The number of aromatic hydroxyl groups is 2. The largest absolute Gasteiger partial charge is 0.507 e. The van der Waals surface area contributed by atoms with Gasteiger partial charge in [-0.2, -0.15) is 0 Å². The van der Waals surface area contributed by atoms with Gasteiger partial charge in [-0.15, -0.1) is 0 Å². The van der Waals surface area contributed by atoms with Gasteiger partial charge in [0.2, 0.25) is 0 Å². The maximum Gasteiger partial charge on any atom is 0.124 e. The van der Waals surface area contributed by atoms with E-state index >= 15 is 0 Å². The van der Waals surface area contributed by atoms with Crippen LogP contribution in [0.4, 0.5) is 0 Å². The molecular formula is C11H17NO3. The zero-order valence-corrected chi connectivity index (χ0v) is 8.77. The predicted molar refractivity (Wildman–Crippen MR) is 57.9 cm³/mol. The highest BCUT2D eigenvalue weighted by atomic mass is 16.3. The molecule has 1 unspecified atom stereocenters. The van der Waals surface area contributed by atoms with Crippen LogP contribution >= 0.6 is 0 Å². The van der Waals surface area contributed by atoms with Gasteiger partial charge in [0.1, 0.15) is 11.5 Å². The first-order chi connectivity index (χ1) is 7.16. The lowest BCUT2D eigenvalue weighted by Gasteiger charge is -2.16. The standard InChI is InChI=1S/C11H17NO3/c1-8(12-6-3-7-13)11-9(14)4-2-5-10(11)15/h2,4-5,8,12-15H,3,6-7H2,1H3. The third-order valence-electron chi connectivity index (χ3n) is 2.28. The second-order valence-corrected chi connectivity index (χ2v) is 3.46. The van der Waals surface area contributed by atoms with E-state index < -0.39 is 0 Å². The van der Waals surface area contributed by atoms with E-state index in [1.54, 1.807) is 18.2 Å². The molecule has 0 radical (unpaired) electrons. The van der Waals surface area contributed by atoms with Gasteiger partial charge in [-0.3, -0.25) is 0 Å². The van der Waals surface area contributed by atoms with E-state index in [0.29, 0.717) is 18.5 Å². The fourth-order valence-electron chi connectivity index (χ4n) is 1.48. The van der Waals surface area contributed by atoms with Gasteiger partial charge in [0.05, 0.1) is 5.56 Å². The lowest BCUT2D eigenvalue weighted by Crippen LogP contribution is -2.20. The van der Waals surface area contributed by atoms with Crippen molar-refractivity contribution < 1.29 is 15.3 Å². The molecule has 0 heterocycles. The van der Waals surface area contributed by atoms with Gasteiger partial charge in [-0.1, -0.05) is 6.07 Å². The van der Waals surface area contributed by atoms with E-state index in [9.17, 15) is 10.2 Å². The van der Waals surface area contributed by atoms with Crippen molar-refractivity contribution in [2.75, 3.05) is 13.2 Å². The van der Waals surface area contributed by atoms with Gasteiger partial charge in [-0.05, 0) is 32.0 Å². The predicted octanol–water partition coefficient (Wildman–Crippen LogP) is 1.13. The average molecular weight is 211 g/mol. The lowest BCUT2D eigenvalue weighted by atomic mass is 10.1. The molecule has 0 aliphatic heterocycles. The monoisotopic (exact) mass is 211 g/mol. The van der Waals surface area contributed by atoms with Gasteiger partial charge in [0.15, 0.2) is 0 Å². The number of phenols is 2. The van der Waals surface area contributed by atoms with Crippen molar-refractivity contribution in [1.29, 1.82) is 0 Å². The zero-order chi connectivity index (χ0) is 11.3. The maximum absolute atomic E-state index is 9.57. The van der Waals surface area contributed by atoms with Gasteiger partial charge >= 0.3 is 0 Å². The molecule has 1 atom stereocenters. The minimum absolute atomic E-state index is 0.0824. The van der Waals surface area contributed by atoms with E-state index in [-0.39, 0.29) is 24.1 Å². The lowest BCUT2D eigenvalue weighted by molar-refractivity contribution is 0.283. The van der Waals surface area contributed by atoms with Crippen molar-refractivity contribution in [2.45, 2.75) is 19.4 Å². The summed E-state index contributed by atoms with van der Waals surface area (Å²) < 4.78 is 0. The molecule has 0 aromatic heterocycles. The Balaban J connectivity index is 2.68. The molecule has 1 aromatic rings. The molecule has 0 bridgehead atoms. The third-order valence-corrected chi connectivity index (χ3v) is 2.28. The van der Waals surface area contributed by atoms with Gasteiger partial charge < -0.3 is 20.6 Å². The number of aliphatic hydroxyl groups is 1. The molecule has 0 aliphatic rings. The molecule has 0 saturated heterocycles. The molecule has 4 heteroatoms. The van der Waals surface area contributed by atoms with E-state index in [1.165, 1.54) is 0 Å². The quantitative estimate of drug-likeness (QED) is 0.551. The van der Waals surface area contributed by atoms with Crippen molar-refractivity contribution in [2.24, 2.45) is 0 Å². The molecule has 0 amide bonds. The minimum Gasteiger partial charge on any atom is -0.507 e. The van der Waals surface area contributed by atoms with Crippen LogP contribution in [0.15, 0.2) is 18.2 Å². The molecule has 1 rings (SSSR count). The summed E-state index contributed by atoms with van der Waals surface area (Å²) in [6, 6.07) is 4.53. The van der Waals surface area contributed by atoms with Crippen LogP contribution in [0.5, 0.6) is 11.5 Å². The van der Waals surface area contributed by atoms with E-state index in [0.717, 1.165) is 0 Å². The summed E-state index contributed by atoms with van der Waals surface area (Å²) in [5, 5.41) is 30.9. The van der Waals surface area contributed by atoms with Crippen LogP contribution < -0.4 is 5.32 Å². The van der Waals surface area contributed by atoms with Crippen LogP contribution in [-0.4, -0.2) is 28.5 Å². The first-order valence-corrected chi connectivity index (χ1v) is 5.02. The van der Waals surface area contributed by atoms with E-state index in [4.69, 9.17) is 5.11 Å². The average Bonchev–Trinajstić information content (AvgIpc) is 2.18. The Morgan fingerprint density at radius 3 is 2.40 bits per heavy atom. The molecule has 0 aliphatic carbocycles. The molecule has 0 spiro atoms. The molecular weight excluding hydrogens is 194 g/mol. The Morgan fingerprint density at radius 1 is 1.27 bits per heavy atom. The number of phenolic OH excluding ortho intramolecular Hbond substituents is 2. The second-order valence-electron chi connectivity index (χ2n) is 3.46. The van der Waals surface area contributed by atoms with E-state index in [1.807, 2.05) is 6.92 Å². The van der Waals surface area contributed by atoms with Gasteiger partial charge in [-0.25, -0.2) is 0 Å². The summed E-state index contributed by atoms with van der Waals surface area (Å²) in [5.74, 6) is 0.165. The van der Waals surface area contributed by atoms with Crippen molar-refractivity contribution in [1.82, 2.24) is 5.32 Å². The number of hydrogen-bond donors (Lipinski definition) is 4. The smallest absolute Gasteiger partial charge is 0.124 e. The Hall–Kier alpha value is -1.26. The minimum atomic E-state index is -0.141. The molecule has 0 saturated carbocycles. The summed E-state index contributed by atoms with van der Waals surface area (Å²) in [6.45, 7) is 2.63. The van der Waals surface area contributed by atoms with E-state index in [2.05, 4.69) is 5.32 Å². The Bertz CT molecular complexity index is 294. The van der Waals surface area contributed by atoms with Crippen LogP contribution in [0.1, 0.15) is 24.9 Å². The first-order valence-electron chi connectivity index (χ1n) is 5.02. The summed E-state index contributed by atoms with van der Waals surface area (Å²) in [6.07, 6.45) is 0.651. The highest BCUT2D eigenvalue weighted by molar-refractivity contribution is 5.44. The number of aliphatic hydroxyl groups excluding tert-OH is 1. The molecule has 4 nitrogen and oxygen atoms in total. The number of benzene rings is 1. The Labute approximate surface area is 89.2 Å². The van der Waals surface area contributed by atoms with Crippen molar-refractivity contribution in [3.05, 3.63) is 23.8 Å². The normalized spacial score (nSPS) is 12.7. The molecule has 84 valence electrons. The fourth-order valence-corrected chi connectivity index (χ4v) is 1.48. The van der Waals surface area contributed by atoms with Crippen LogP contribution in [0, 0.1) is 0 Å². The first kappa shape index (κ1) is 11.8. The second kappa shape index (κ2) is 5.58. The third kappa shape index (κ3) is 3.11. The fraction of sp³-hybridized carbons (Fsp3) is 0.455. The van der Waals surface area contributed by atoms with Crippen molar-refractivity contribution in [3.63, 3.8) is 0 Å². The van der Waals surface area contributed by atoms with Crippen molar-refractivity contribution in [3.8, 4) is 11.5 Å². The van der Waals surface area contributed by atoms with Crippen LogP contribution in [-0.2, 0) is 0 Å². The van der Waals surface area contributed by atoms with Crippen LogP contribution in [0.3, 0.4) is 0 Å². The number of hydrogen-bond acceptors (Lipinski definition) is 4. The number of nitrogens with one attached hydrogen (secondary N) is 1. The number of rotatable bonds is 5. The van der Waals surface area contributed by atoms with Crippen LogP contribution in [0.25, 0.3) is 0 Å². The maximum atomic E-state index is 9.57. The molecule has 0 fully saturated rings. The summed E-state index contributed by atoms with van der Waals surface area (Å²) in [7, 11) is 0. The van der Waals surface area contributed by atoms with Gasteiger partial charge in [0.25, 0.3) is 0 Å². The Kier molecular flexibility index (Phi) is 4.39. The molecule has 4 N–H and O–H groups in total. The SMILES string of the molecule is CC(NCCCO)c1c(O)cccc1O. The molecule has 1 aromatic carbocycles. The zero-order valence-electron chi connectivity index (χ0n) is 8.77. The van der Waals surface area contributed by atoms with Gasteiger partial charge in [0, 0.05) is 12.6 Å². The summed E-state index contributed by atoms with van der Waals surface area (Å²) >= 11 is 0. The topological polar surface area (TPSA) is 72.7 Å². The van der Waals surface area contributed by atoms with Crippen molar-refractivity contribution >= 4 is 0 Å². The summed E-state index contributed by atoms with van der Waals surface area (Å²) in [5.41, 5.74) is 0.496. The highest BCUT2D eigenvalue weighted by Gasteiger charge is 2.13.